The molecular weight excluding hydrogens is 258 g/mol. The van der Waals surface area contributed by atoms with Crippen LogP contribution in [0.4, 0.5) is 10.7 Å². The van der Waals surface area contributed by atoms with E-state index in [-0.39, 0.29) is 5.95 Å². The van der Waals surface area contributed by atoms with Gasteiger partial charge in [0, 0.05) is 7.05 Å². The highest BCUT2D eigenvalue weighted by Gasteiger charge is 2.19. The Morgan fingerprint density at radius 3 is 2.83 bits per heavy atom. The second-order valence-corrected chi connectivity index (χ2v) is 4.46. The van der Waals surface area contributed by atoms with E-state index in [4.69, 9.17) is 5.11 Å². The molecule has 1 heterocycles. The van der Waals surface area contributed by atoms with Crippen LogP contribution in [0.5, 0.6) is 0 Å². The molecule has 9 heteroatoms. The van der Waals surface area contributed by atoms with Crippen molar-refractivity contribution in [1.82, 2.24) is 20.1 Å². The Hall–Kier alpha value is -1.77. The highest BCUT2D eigenvalue weighted by atomic mass is 32.2. The summed E-state index contributed by atoms with van der Waals surface area (Å²) in [5.74, 6) is -0.153. The predicted molar refractivity (Wildman–Crippen MR) is 67.6 cm³/mol. The lowest BCUT2D eigenvalue weighted by molar-refractivity contribution is -0.139. The minimum Gasteiger partial charge on any atom is -0.480 e. The minimum atomic E-state index is -1.06. The quantitative estimate of drug-likeness (QED) is 0.680. The normalized spacial score (nSPS) is 11.9. The van der Waals surface area contributed by atoms with E-state index >= 15 is 0 Å². The zero-order valence-corrected chi connectivity index (χ0v) is 10.9. The van der Waals surface area contributed by atoms with Gasteiger partial charge in [-0.1, -0.05) is 0 Å². The Morgan fingerprint density at radius 2 is 2.33 bits per heavy atom. The van der Waals surface area contributed by atoms with Gasteiger partial charge in [-0.3, -0.25) is 5.32 Å². The topological polar surface area (TPSA) is 109 Å². The van der Waals surface area contributed by atoms with E-state index in [1.165, 1.54) is 22.8 Å². The number of carbonyl (C=O) groups is 2. The molecule has 0 unspecified atom stereocenters. The summed E-state index contributed by atoms with van der Waals surface area (Å²) in [6.45, 7) is 0. The van der Waals surface area contributed by atoms with Crippen molar-refractivity contribution in [2.45, 2.75) is 12.5 Å². The van der Waals surface area contributed by atoms with E-state index < -0.39 is 18.0 Å². The number of amides is 2. The number of urea groups is 1. The van der Waals surface area contributed by atoms with E-state index in [2.05, 4.69) is 20.7 Å². The molecule has 0 aliphatic rings. The highest BCUT2D eigenvalue weighted by Crippen LogP contribution is 2.02. The average Bonchev–Trinajstić information content (AvgIpc) is 2.70. The fourth-order valence-electron chi connectivity index (χ4n) is 1.20. The highest BCUT2D eigenvalue weighted by molar-refractivity contribution is 7.98. The molecule has 18 heavy (non-hydrogen) atoms. The molecule has 0 radical (unpaired) electrons. The van der Waals surface area contributed by atoms with Crippen LogP contribution in [0.1, 0.15) is 6.42 Å². The van der Waals surface area contributed by atoms with Crippen LogP contribution in [-0.4, -0.2) is 49.9 Å². The van der Waals surface area contributed by atoms with Gasteiger partial charge in [0.25, 0.3) is 0 Å². The van der Waals surface area contributed by atoms with Crippen LogP contribution in [0.15, 0.2) is 6.33 Å². The lowest BCUT2D eigenvalue weighted by atomic mass is 10.2. The summed E-state index contributed by atoms with van der Waals surface area (Å²) in [5, 5.41) is 17.5. The first-order chi connectivity index (χ1) is 8.54. The third-order valence-corrected chi connectivity index (χ3v) is 2.79. The van der Waals surface area contributed by atoms with Crippen LogP contribution >= 0.6 is 11.8 Å². The zero-order valence-electron chi connectivity index (χ0n) is 10.1. The third kappa shape index (κ3) is 4.24. The standard InChI is InChI=1S/C9H15N5O3S/c1-14-8(10-5-11-14)13-9(17)12-6(7(15)16)3-4-18-2/h5-6H,3-4H2,1-2H3,(H,15,16)(H2,10,11,12,13,17)/t6-/m0/s1. The molecule has 1 aromatic rings. The summed E-state index contributed by atoms with van der Waals surface area (Å²) >= 11 is 1.52. The largest absolute Gasteiger partial charge is 0.480 e. The van der Waals surface area contributed by atoms with Gasteiger partial charge in [0.05, 0.1) is 0 Å². The molecule has 1 atom stereocenters. The Bertz CT molecular complexity index is 422. The number of hydrogen-bond acceptors (Lipinski definition) is 5. The van der Waals surface area contributed by atoms with Gasteiger partial charge in [-0.15, -0.1) is 0 Å². The van der Waals surface area contributed by atoms with Gasteiger partial charge in [0.2, 0.25) is 5.95 Å². The number of carboxylic acid groups (broad SMARTS) is 1. The lowest BCUT2D eigenvalue weighted by Crippen LogP contribution is -2.43. The van der Waals surface area contributed by atoms with Crippen molar-refractivity contribution < 1.29 is 14.7 Å². The Balaban J connectivity index is 2.51. The molecular formula is C9H15N5O3S. The van der Waals surface area contributed by atoms with Crippen molar-refractivity contribution in [2.75, 3.05) is 17.3 Å². The summed E-state index contributed by atoms with van der Waals surface area (Å²) in [6.07, 6.45) is 3.53. The van der Waals surface area contributed by atoms with Crippen LogP contribution in [0, 0.1) is 0 Å². The summed E-state index contributed by atoms with van der Waals surface area (Å²) in [4.78, 5) is 26.3. The van der Waals surface area contributed by atoms with Crippen LogP contribution in [0.2, 0.25) is 0 Å². The predicted octanol–water partition coefficient (Wildman–Crippen LogP) is 0.143. The van der Waals surface area contributed by atoms with E-state index in [0.717, 1.165) is 0 Å². The van der Waals surface area contributed by atoms with Gasteiger partial charge in [0.1, 0.15) is 12.4 Å². The van der Waals surface area contributed by atoms with Crippen molar-refractivity contribution in [3.63, 3.8) is 0 Å². The van der Waals surface area contributed by atoms with Gasteiger partial charge in [-0.25, -0.2) is 14.3 Å². The first-order valence-corrected chi connectivity index (χ1v) is 6.57. The third-order valence-electron chi connectivity index (χ3n) is 2.15. The number of thioether (sulfide) groups is 1. The van der Waals surface area contributed by atoms with Crippen LogP contribution < -0.4 is 10.6 Å². The average molecular weight is 273 g/mol. The van der Waals surface area contributed by atoms with Crippen molar-refractivity contribution in [1.29, 1.82) is 0 Å². The minimum absolute atomic E-state index is 0.251. The SMILES string of the molecule is CSCC[C@H](NC(=O)Nc1ncnn1C)C(=O)O. The Labute approximate surface area is 108 Å². The van der Waals surface area contributed by atoms with E-state index in [0.29, 0.717) is 12.2 Å². The number of hydrogen-bond donors (Lipinski definition) is 3. The maximum absolute atomic E-state index is 11.6. The second-order valence-electron chi connectivity index (χ2n) is 3.48. The van der Waals surface area contributed by atoms with E-state index in [1.807, 2.05) is 6.26 Å². The summed E-state index contributed by atoms with van der Waals surface area (Å²) < 4.78 is 1.37. The summed E-state index contributed by atoms with van der Waals surface area (Å²) in [7, 11) is 1.62. The molecule has 0 spiro atoms. The van der Waals surface area contributed by atoms with Crippen LogP contribution in [0.3, 0.4) is 0 Å². The molecule has 0 saturated heterocycles. The smallest absolute Gasteiger partial charge is 0.326 e. The van der Waals surface area contributed by atoms with E-state index in [9.17, 15) is 9.59 Å². The van der Waals surface area contributed by atoms with Gasteiger partial charge in [-0.2, -0.15) is 21.8 Å². The van der Waals surface area contributed by atoms with Gasteiger partial charge in [-0.05, 0) is 18.4 Å². The fraction of sp³-hybridized carbons (Fsp3) is 0.556. The molecule has 0 bridgehead atoms. The molecule has 0 aromatic carbocycles. The number of carbonyl (C=O) groups excluding carboxylic acids is 1. The number of anilines is 1. The van der Waals surface area contributed by atoms with Crippen molar-refractivity contribution >= 4 is 29.7 Å². The van der Waals surface area contributed by atoms with Gasteiger partial charge in [0.15, 0.2) is 0 Å². The molecule has 100 valence electrons. The number of aliphatic carboxylic acids is 1. The van der Waals surface area contributed by atoms with E-state index in [1.54, 1.807) is 7.05 Å². The number of nitrogens with one attached hydrogen (secondary N) is 2. The van der Waals surface area contributed by atoms with Crippen molar-refractivity contribution in [2.24, 2.45) is 7.05 Å². The maximum atomic E-state index is 11.6. The monoisotopic (exact) mass is 273 g/mol. The number of rotatable bonds is 6. The Morgan fingerprint density at radius 1 is 1.61 bits per heavy atom. The second kappa shape index (κ2) is 6.84. The molecule has 0 aliphatic carbocycles. The van der Waals surface area contributed by atoms with Crippen molar-refractivity contribution in [3.05, 3.63) is 6.33 Å². The lowest BCUT2D eigenvalue weighted by Gasteiger charge is -2.14. The van der Waals surface area contributed by atoms with Crippen molar-refractivity contribution in [3.8, 4) is 0 Å². The van der Waals surface area contributed by atoms with Gasteiger partial charge < -0.3 is 10.4 Å². The molecule has 1 rings (SSSR count). The first-order valence-electron chi connectivity index (χ1n) is 5.18. The molecule has 0 aliphatic heterocycles. The van der Waals surface area contributed by atoms with Gasteiger partial charge >= 0.3 is 12.0 Å². The molecule has 3 N–H and O–H groups in total. The molecule has 0 saturated carbocycles. The number of nitrogens with zero attached hydrogens (tertiary/aromatic N) is 3. The summed E-state index contributed by atoms with van der Waals surface area (Å²) in [6, 6.07) is -1.52. The van der Waals surface area contributed by atoms with Crippen LogP contribution in [0.25, 0.3) is 0 Å². The molecule has 2 amide bonds. The molecule has 0 fully saturated rings. The zero-order chi connectivity index (χ0) is 13.5. The molecule has 8 nitrogen and oxygen atoms in total. The summed E-state index contributed by atoms with van der Waals surface area (Å²) in [5.41, 5.74) is 0. The number of carboxylic acids is 1. The fourth-order valence-corrected chi connectivity index (χ4v) is 1.67. The van der Waals surface area contributed by atoms with Crippen LogP contribution in [-0.2, 0) is 11.8 Å². The number of aryl methyl sites for hydroxylation is 1. The maximum Gasteiger partial charge on any atom is 0.326 e. The first kappa shape index (κ1) is 14.3. The number of aromatic nitrogens is 3. The Kier molecular flexibility index (Phi) is 5.43. The molecule has 1 aromatic heterocycles.